The van der Waals surface area contributed by atoms with Gasteiger partial charge in [-0.1, -0.05) is 19.1 Å². The molecule has 2 N–H and O–H groups in total. The molecule has 1 atom stereocenters. The van der Waals surface area contributed by atoms with Gasteiger partial charge in [-0.3, -0.25) is 14.5 Å². The number of H-pyrrole nitrogens is 1. The molecule has 1 amide bonds. The molecule has 0 saturated carbocycles. The minimum Gasteiger partial charge on any atom is -0.375 e. The summed E-state index contributed by atoms with van der Waals surface area (Å²) >= 11 is 0. The number of carbonyl (C=O) groups is 1. The first-order valence-corrected chi connectivity index (χ1v) is 8.28. The average Bonchev–Trinajstić information content (AvgIpc) is 2.61. The summed E-state index contributed by atoms with van der Waals surface area (Å²) in [4.78, 5) is 33.4. The van der Waals surface area contributed by atoms with Gasteiger partial charge in [0.15, 0.2) is 5.69 Å². The van der Waals surface area contributed by atoms with E-state index in [1.807, 2.05) is 12.1 Å². The van der Waals surface area contributed by atoms with E-state index in [1.165, 1.54) is 0 Å². The highest BCUT2D eigenvalue weighted by Gasteiger charge is 2.20. The summed E-state index contributed by atoms with van der Waals surface area (Å²) in [7, 11) is 0. The Morgan fingerprint density at radius 2 is 2.29 bits per heavy atom. The lowest BCUT2D eigenvalue weighted by molar-refractivity contribution is -0.0296. The second-order valence-electron chi connectivity index (χ2n) is 5.86. The topological polar surface area (TPSA) is 87.3 Å². The largest absolute Gasteiger partial charge is 0.375 e. The van der Waals surface area contributed by atoms with Crippen LogP contribution in [0.15, 0.2) is 29.1 Å². The Bertz CT molecular complexity index is 774. The lowest BCUT2D eigenvalue weighted by Crippen LogP contribution is -2.43. The fourth-order valence-electron chi connectivity index (χ4n) is 2.86. The van der Waals surface area contributed by atoms with Gasteiger partial charge in [0.05, 0.1) is 23.7 Å². The van der Waals surface area contributed by atoms with Gasteiger partial charge in [-0.2, -0.15) is 0 Å². The number of carbonyl (C=O) groups excluding carboxylic acids is 1. The fourth-order valence-corrected chi connectivity index (χ4v) is 2.86. The smallest absolute Gasteiger partial charge is 0.280 e. The minimum absolute atomic E-state index is 0.103. The molecule has 0 spiro atoms. The highest BCUT2D eigenvalue weighted by Crippen LogP contribution is 2.08. The van der Waals surface area contributed by atoms with E-state index in [-0.39, 0.29) is 11.8 Å². The number of aromatic amines is 1. The van der Waals surface area contributed by atoms with Gasteiger partial charge in [0.2, 0.25) is 0 Å². The van der Waals surface area contributed by atoms with Gasteiger partial charge < -0.3 is 15.0 Å². The number of rotatable bonds is 5. The van der Waals surface area contributed by atoms with E-state index in [4.69, 9.17) is 4.74 Å². The van der Waals surface area contributed by atoms with Crippen molar-refractivity contribution in [3.63, 3.8) is 0 Å². The Labute approximate surface area is 140 Å². The lowest BCUT2D eigenvalue weighted by Gasteiger charge is -2.32. The van der Waals surface area contributed by atoms with Gasteiger partial charge in [-0.15, -0.1) is 0 Å². The summed E-state index contributed by atoms with van der Waals surface area (Å²) in [6.45, 7) is 6.13. The van der Waals surface area contributed by atoms with Gasteiger partial charge in [-0.25, -0.2) is 4.98 Å². The number of nitrogens with one attached hydrogen (secondary N) is 2. The number of nitrogens with zero attached hydrogens (tertiary/aromatic N) is 2. The number of likely N-dealkylation sites (N-methyl/N-ethyl adjacent to an activating group) is 1. The van der Waals surface area contributed by atoms with Crippen LogP contribution in [0.25, 0.3) is 11.0 Å². The SMILES string of the molecule is CCN1CCOC(CCNC(=O)c2nc3ccccc3[nH]c2=O)C1. The Kier molecular flexibility index (Phi) is 5.22. The summed E-state index contributed by atoms with van der Waals surface area (Å²) in [5.41, 5.74) is 0.636. The summed E-state index contributed by atoms with van der Waals surface area (Å²) in [5.74, 6) is -0.454. The zero-order valence-electron chi connectivity index (χ0n) is 13.7. The number of ether oxygens (including phenoxy) is 1. The van der Waals surface area contributed by atoms with E-state index < -0.39 is 11.5 Å². The average molecular weight is 330 g/mol. The molecule has 0 radical (unpaired) electrons. The first-order chi connectivity index (χ1) is 11.7. The summed E-state index contributed by atoms with van der Waals surface area (Å²) in [6.07, 6.45) is 0.829. The van der Waals surface area contributed by atoms with Crippen LogP contribution < -0.4 is 10.9 Å². The molecule has 3 rings (SSSR count). The highest BCUT2D eigenvalue weighted by atomic mass is 16.5. The van der Waals surface area contributed by atoms with Crippen molar-refractivity contribution >= 4 is 16.9 Å². The third-order valence-corrected chi connectivity index (χ3v) is 4.24. The Morgan fingerprint density at radius 1 is 1.46 bits per heavy atom. The third-order valence-electron chi connectivity index (χ3n) is 4.24. The maximum Gasteiger partial charge on any atom is 0.280 e. The van der Waals surface area contributed by atoms with Crippen molar-refractivity contribution in [3.8, 4) is 0 Å². The second-order valence-corrected chi connectivity index (χ2v) is 5.86. The normalized spacial score (nSPS) is 18.6. The van der Waals surface area contributed by atoms with E-state index in [2.05, 4.69) is 27.1 Å². The van der Waals surface area contributed by atoms with Crippen molar-refractivity contribution in [3.05, 3.63) is 40.3 Å². The first kappa shape index (κ1) is 16.6. The first-order valence-electron chi connectivity index (χ1n) is 8.28. The van der Waals surface area contributed by atoms with Crippen molar-refractivity contribution < 1.29 is 9.53 Å². The van der Waals surface area contributed by atoms with Crippen LogP contribution in [-0.4, -0.2) is 59.7 Å². The van der Waals surface area contributed by atoms with E-state index in [0.717, 1.165) is 26.2 Å². The summed E-state index contributed by atoms with van der Waals surface area (Å²) < 4.78 is 5.70. The quantitative estimate of drug-likeness (QED) is 0.845. The summed E-state index contributed by atoms with van der Waals surface area (Å²) in [6, 6.07) is 7.14. The predicted octanol–water partition coefficient (Wildman–Crippen LogP) is 0.764. The molecule has 7 heteroatoms. The lowest BCUT2D eigenvalue weighted by atomic mass is 10.2. The maximum absolute atomic E-state index is 12.2. The molecule has 1 fully saturated rings. The third kappa shape index (κ3) is 3.80. The molecule has 1 aliphatic heterocycles. The van der Waals surface area contributed by atoms with Crippen LogP contribution in [0.1, 0.15) is 23.8 Å². The van der Waals surface area contributed by atoms with Gasteiger partial charge in [0.1, 0.15) is 0 Å². The molecule has 7 nitrogen and oxygen atoms in total. The maximum atomic E-state index is 12.2. The number of aromatic nitrogens is 2. The zero-order valence-corrected chi connectivity index (χ0v) is 13.7. The van der Waals surface area contributed by atoms with Crippen molar-refractivity contribution in [2.75, 3.05) is 32.8 Å². The molecule has 1 saturated heterocycles. The molecule has 2 aromatic rings. The van der Waals surface area contributed by atoms with Crippen LogP contribution in [0, 0.1) is 0 Å². The van der Waals surface area contributed by atoms with Crippen LogP contribution in [0.2, 0.25) is 0 Å². The Balaban J connectivity index is 1.59. The van der Waals surface area contributed by atoms with Gasteiger partial charge in [-0.05, 0) is 25.1 Å². The van der Waals surface area contributed by atoms with Crippen LogP contribution in [0.3, 0.4) is 0 Å². The zero-order chi connectivity index (χ0) is 16.9. The van der Waals surface area contributed by atoms with Crippen molar-refractivity contribution in [1.29, 1.82) is 0 Å². The molecule has 0 aliphatic carbocycles. The molecule has 128 valence electrons. The van der Waals surface area contributed by atoms with Gasteiger partial charge in [0, 0.05) is 19.6 Å². The Morgan fingerprint density at radius 3 is 3.12 bits per heavy atom. The number of benzene rings is 1. The molecular weight excluding hydrogens is 308 g/mol. The molecule has 1 aliphatic rings. The number of amides is 1. The second kappa shape index (κ2) is 7.55. The van der Waals surface area contributed by atoms with Gasteiger partial charge in [0.25, 0.3) is 11.5 Å². The number of hydrogen-bond donors (Lipinski definition) is 2. The Hall–Kier alpha value is -2.25. The van der Waals surface area contributed by atoms with E-state index >= 15 is 0 Å². The minimum atomic E-state index is -0.475. The number of hydrogen-bond acceptors (Lipinski definition) is 5. The molecule has 2 heterocycles. The van der Waals surface area contributed by atoms with E-state index in [9.17, 15) is 9.59 Å². The fraction of sp³-hybridized carbons (Fsp3) is 0.471. The van der Waals surface area contributed by atoms with Crippen molar-refractivity contribution in [2.24, 2.45) is 0 Å². The van der Waals surface area contributed by atoms with Crippen molar-refractivity contribution in [2.45, 2.75) is 19.4 Å². The number of para-hydroxylation sites is 2. The van der Waals surface area contributed by atoms with Crippen LogP contribution in [0.4, 0.5) is 0 Å². The van der Waals surface area contributed by atoms with Gasteiger partial charge >= 0.3 is 0 Å². The number of fused-ring (bicyclic) bond motifs is 1. The van der Waals surface area contributed by atoms with Crippen LogP contribution in [-0.2, 0) is 4.74 Å². The van der Waals surface area contributed by atoms with Crippen LogP contribution >= 0.6 is 0 Å². The van der Waals surface area contributed by atoms with E-state index in [0.29, 0.717) is 24.0 Å². The predicted molar refractivity (Wildman–Crippen MR) is 91.2 cm³/mol. The highest BCUT2D eigenvalue weighted by molar-refractivity contribution is 5.93. The number of morpholine rings is 1. The molecule has 0 bridgehead atoms. The molecule has 1 aromatic carbocycles. The molecule has 1 aromatic heterocycles. The van der Waals surface area contributed by atoms with Crippen molar-refractivity contribution in [1.82, 2.24) is 20.2 Å². The molecular formula is C17H22N4O3. The molecule has 24 heavy (non-hydrogen) atoms. The van der Waals surface area contributed by atoms with Crippen LogP contribution in [0.5, 0.6) is 0 Å². The monoisotopic (exact) mass is 330 g/mol. The standard InChI is InChI=1S/C17H22N4O3/c1-2-21-9-10-24-12(11-21)7-8-18-16(22)15-17(23)20-14-6-4-3-5-13(14)19-15/h3-6,12H,2,7-11H2,1H3,(H,18,22)(H,20,23). The molecule has 1 unspecified atom stereocenters. The van der Waals surface area contributed by atoms with E-state index in [1.54, 1.807) is 12.1 Å². The summed E-state index contributed by atoms with van der Waals surface area (Å²) in [5, 5.41) is 2.76.